The van der Waals surface area contributed by atoms with E-state index in [1.807, 2.05) is 0 Å². The van der Waals surface area contributed by atoms with E-state index in [9.17, 15) is 0 Å². The Morgan fingerprint density at radius 3 is 2.00 bits per heavy atom. The summed E-state index contributed by atoms with van der Waals surface area (Å²) in [7, 11) is -1.77. The third-order valence-electron chi connectivity index (χ3n) is 5.63. The molecule has 0 aliphatic heterocycles. The van der Waals surface area contributed by atoms with Crippen molar-refractivity contribution in [2.24, 2.45) is 5.92 Å². The molecule has 2 heteroatoms. The summed E-state index contributed by atoms with van der Waals surface area (Å²) in [5.41, 5.74) is 3.42. The number of hydrogen-bond donors (Lipinski definition) is 0. The first-order chi connectivity index (χ1) is 9.71. The third-order valence-corrected chi connectivity index (χ3v) is 11.8. The fraction of sp³-hybridized carbons (Fsp3) is 0.895. The van der Waals surface area contributed by atoms with Gasteiger partial charge in [0.15, 0.2) is 0 Å². The second-order valence-corrected chi connectivity index (χ2v) is 13.6. The average molecular weight is 311 g/mol. The van der Waals surface area contributed by atoms with E-state index in [-0.39, 0.29) is 0 Å². The van der Waals surface area contributed by atoms with Gasteiger partial charge >= 0.3 is 0 Å². The molecule has 1 fully saturated rings. The number of rotatable bonds is 5. The smallest absolute Gasteiger partial charge is 0.200 e. The lowest BCUT2D eigenvalue weighted by Gasteiger charge is -2.46. The van der Waals surface area contributed by atoms with Crippen LogP contribution in [-0.4, -0.2) is 14.4 Å². The van der Waals surface area contributed by atoms with Crippen molar-refractivity contribution in [1.82, 2.24) is 0 Å². The molecule has 0 radical (unpaired) electrons. The fourth-order valence-electron chi connectivity index (χ4n) is 4.44. The number of hydrogen-bond acceptors (Lipinski definition) is 1. The van der Waals surface area contributed by atoms with E-state index in [0.29, 0.717) is 28.6 Å². The molecule has 0 aromatic heterocycles. The van der Waals surface area contributed by atoms with Gasteiger partial charge in [-0.25, -0.2) is 0 Å². The molecule has 124 valence electrons. The van der Waals surface area contributed by atoms with Crippen molar-refractivity contribution in [3.8, 4) is 0 Å². The second kappa shape index (κ2) is 7.96. The molecule has 1 aliphatic carbocycles. The highest BCUT2D eigenvalue weighted by Crippen LogP contribution is 2.45. The normalized spacial score (nSPS) is 25.5. The minimum atomic E-state index is -1.77. The zero-order valence-electron chi connectivity index (χ0n) is 15.5. The van der Waals surface area contributed by atoms with E-state index in [4.69, 9.17) is 4.43 Å². The molecular formula is C19H38OSi. The van der Waals surface area contributed by atoms with E-state index in [0.717, 1.165) is 6.42 Å². The van der Waals surface area contributed by atoms with Crippen LogP contribution in [0.25, 0.3) is 0 Å². The maximum atomic E-state index is 7.06. The van der Waals surface area contributed by atoms with Crippen LogP contribution in [0, 0.1) is 5.92 Å². The van der Waals surface area contributed by atoms with Crippen LogP contribution in [0.15, 0.2) is 12.2 Å². The topological polar surface area (TPSA) is 9.23 Å². The van der Waals surface area contributed by atoms with Crippen LogP contribution in [-0.2, 0) is 4.43 Å². The summed E-state index contributed by atoms with van der Waals surface area (Å²) < 4.78 is 7.06. The SMILES string of the molecule is C=C1CCCCC(C)C(O[Si](C(C)C)(C(C)C)C(C)C)C1. The summed E-state index contributed by atoms with van der Waals surface area (Å²) in [4.78, 5) is 0. The quantitative estimate of drug-likeness (QED) is 0.405. The van der Waals surface area contributed by atoms with Gasteiger partial charge in [-0.3, -0.25) is 0 Å². The Labute approximate surface area is 134 Å². The molecule has 2 atom stereocenters. The maximum Gasteiger partial charge on any atom is 0.200 e. The van der Waals surface area contributed by atoms with Gasteiger partial charge in [-0.15, -0.1) is 0 Å². The van der Waals surface area contributed by atoms with Gasteiger partial charge in [0.2, 0.25) is 8.32 Å². The lowest BCUT2D eigenvalue weighted by molar-refractivity contribution is 0.109. The largest absolute Gasteiger partial charge is 0.413 e. The van der Waals surface area contributed by atoms with E-state index >= 15 is 0 Å². The van der Waals surface area contributed by atoms with E-state index in [2.05, 4.69) is 55.0 Å². The lowest BCUT2D eigenvalue weighted by atomic mass is 9.88. The van der Waals surface area contributed by atoms with Crippen LogP contribution in [0.5, 0.6) is 0 Å². The predicted octanol–water partition coefficient (Wildman–Crippen LogP) is 6.70. The molecule has 2 unspecified atom stereocenters. The third kappa shape index (κ3) is 4.45. The van der Waals surface area contributed by atoms with Gasteiger partial charge in [-0.1, -0.05) is 67.0 Å². The highest BCUT2D eigenvalue weighted by atomic mass is 28.4. The van der Waals surface area contributed by atoms with Gasteiger partial charge in [-0.2, -0.15) is 0 Å². The van der Waals surface area contributed by atoms with Crippen molar-refractivity contribution in [3.63, 3.8) is 0 Å². The van der Waals surface area contributed by atoms with Crippen LogP contribution < -0.4 is 0 Å². The Bertz CT molecular complexity index is 311. The molecule has 0 aromatic carbocycles. The predicted molar refractivity (Wildman–Crippen MR) is 97.3 cm³/mol. The highest BCUT2D eigenvalue weighted by molar-refractivity contribution is 6.77. The first-order valence-electron chi connectivity index (χ1n) is 9.06. The molecule has 1 rings (SSSR count). The van der Waals surface area contributed by atoms with Gasteiger partial charge in [0.25, 0.3) is 0 Å². The van der Waals surface area contributed by atoms with Crippen LogP contribution in [0.2, 0.25) is 16.6 Å². The molecule has 0 N–H and O–H groups in total. The average Bonchev–Trinajstić information content (AvgIpc) is 2.36. The molecule has 0 saturated heterocycles. The van der Waals surface area contributed by atoms with Gasteiger partial charge in [0.1, 0.15) is 0 Å². The van der Waals surface area contributed by atoms with Crippen molar-refractivity contribution in [1.29, 1.82) is 0 Å². The Morgan fingerprint density at radius 1 is 1.00 bits per heavy atom. The first kappa shape index (κ1) is 19.0. The van der Waals surface area contributed by atoms with Crippen molar-refractivity contribution in [2.45, 2.75) is 103 Å². The molecule has 0 aromatic rings. The summed E-state index contributed by atoms with van der Waals surface area (Å²) >= 11 is 0. The first-order valence-corrected chi connectivity index (χ1v) is 11.2. The summed E-state index contributed by atoms with van der Waals surface area (Å²) in [5.74, 6) is 0.671. The summed E-state index contributed by atoms with van der Waals surface area (Å²) in [6.07, 6.45) is 6.65. The Hall–Kier alpha value is -0.0831. The lowest BCUT2D eigenvalue weighted by Crippen LogP contribution is -2.51. The summed E-state index contributed by atoms with van der Waals surface area (Å²) in [6, 6.07) is 0. The van der Waals surface area contributed by atoms with Gasteiger partial charge in [0, 0.05) is 0 Å². The Kier molecular flexibility index (Phi) is 7.19. The second-order valence-electron chi connectivity index (χ2n) is 8.15. The van der Waals surface area contributed by atoms with Crippen molar-refractivity contribution in [3.05, 3.63) is 12.2 Å². The summed E-state index contributed by atoms with van der Waals surface area (Å²) in [6.45, 7) is 21.0. The van der Waals surface area contributed by atoms with Gasteiger partial charge in [0.05, 0.1) is 6.10 Å². The standard InChI is InChI=1S/C19H38OSi/c1-14(2)21(15(3)4,16(5)6)20-19-13-17(7)11-9-10-12-18(19)8/h14-16,18-19H,7,9-13H2,1-6,8H3. The minimum Gasteiger partial charge on any atom is -0.413 e. The minimum absolute atomic E-state index is 0.400. The molecule has 0 amide bonds. The molecule has 1 saturated carbocycles. The molecule has 1 aliphatic rings. The molecule has 0 spiro atoms. The molecule has 21 heavy (non-hydrogen) atoms. The van der Waals surface area contributed by atoms with E-state index in [1.165, 1.54) is 31.3 Å². The maximum absolute atomic E-state index is 7.06. The van der Waals surface area contributed by atoms with Crippen molar-refractivity contribution < 1.29 is 4.43 Å². The van der Waals surface area contributed by atoms with Gasteiger partial charge < -0.3 is 4.43 Å². The van der Waals surface area contributed by atoms with Crippen LogP contribution in [0.4, 0.5) is 0 Å². The fourth-order valence-corrected chi connectivity index (χ4v) is 10.1. The zero-order valence-corrected chi connectivity index (χ0v) is 16.5. The molecule has 0 bridgehead atoms. The monoisotopic (exact) mass is 310 g/mol. The van der Waals surface area contributed by atoms with Crippen LogP contribution in [0.1, 0.15) is 80.6 Å². The van der Waals surface area contributed by atoms with Crippen LogP contribution in [0.3, 0.4) is 0 Å². The molecule has 1 nitrogen and oxygen atoms in total. The zero-order chi connectivity index (χ0) is 16.2. The Balaban J connectivity index is 3.01. The highest BCUT2D eigenvalue weighted by Gasteiger charge is 2.47. The van der Waals surface area contributed by atoms with Crippen molar-refractivity contribution in [2.75, 3.05) is 0 Å². The molecule has 0 heterocycles. The van der Waals surface area contributed by atoms with Gasteiger partial charge in [-0.05, 0) is 48.2 Å². The molecular weight excluding hydrogens is 272 g/mol. The van der Waals surface area contributed by atoms with E-state index < -0.39 is 8.32 Å². The van der Waals surface area contributed by atoms with E-state index in [1.54, 1.807) is 0 Å². The summed E-state index contributed by atoms with van der Waals surface area (Å²) in [5, 5.41) is 0. The Morgan fingerprint density at radius 2 is 1.52 bits per heavy atom. The van der Waals surface area contributed by atoms with Crippen molar-refractivity contribution >= 4 is 8.32 Å². The van der Waals surface area contributed by atoms with Crippen LogP contribution >= 0.6 is 0 Å².